The number of esters is 1. The van der Waals surface area contributed by atoms with Crippen LogP contribution >= 0.6 is 12.2 Å². The van der Waals surface area contributed by atoms with Crippen LogP contribution in [0.4, 0.5) is 0 Å². The van der Waals surface area contributed by atoms with E-state index in [9.17, 15) is 9.59 Å². The number of carbonyl (C=O) groups is 2. The maximum Gasteiger partial charge on any atom is 0.338 e. The van der Waals surface area contributed by atoms with Crippen LogP contribution in [0.25, 0.3) is 21.7 Å². The van der Waals surface area contributed by atoms with Crippen molar-refractivity contribution in [3.8, 4) is 5.75 Å². The molecule has 3 N–H and O–H groups in total. The van der Waals surface area contributed by atoms with Crippen LogP contribution in [-0.4, -0.2) is 41.0 Å². The Labute approximate surface area is 278 Å². The second kappa shape index (κ2) is 13.9. The van der Waals surface area contributed by atoms with Crippen molar-refractivity contribution >= 4 is 57.1 Å². The molecule has 0 radical (unpaired) electrons. The highest BCUT2D eigenvalue weighted by Gasteiger charge is 2.32. The molecule has 2 heterocycles. The van der Waals surface area contributed by atoms with Gasteiger partial charge in [0.1, 0.15) is 5.75 Å². The van der Waals surface area contributed by atoms with Gasteiger partial charge in [-0.25, -0.2) is 10.2 Å². The van der Waals surface area contributed by atoms with E-state index in [1.165, 1.54) is 16.3 Å². The Hall–Kier alpha value is -5.48. The SMILES string of the molecule is CCOC(=O)C1=C(C)NC(=S)N[C@H]1c1ccccc1OCC(=O)NN=Cc1c(C)n(Cc2cccc3ccccc23)c2ccccc12. The summed E-state index contributed by atoms with van der Waals surface area (Å²) in [5, 5.41) is 14.3. The number of hydrazone groups is 1. The number of rotatable bonds is 10. The van der Waals surface area contributed by atoms with Gasteiger partial charge in [0.2, 0.25) is 0 Å². The van der Waals surface area contributed by atoms with Crippen LogP contribution in [0.1, 0.15) is 42.3 Å². The molecule has 10 heteroatoms. The number of amides is 1. The minimum Gasteiger partial charge on any atom is -0.483 e. The molecule has 1 atom stereocenters. The number of benzene rings is 4. The molecule has 0 aliphatic carbocycles. The molecule has 0 spiro atoms. The molecular weight excluding hydrogens is 611 g/mol. The Morgan fingerprint density at radius 1 is 0.957 bits per heavy atom. The molecule has 0 saturated carbocycles. The van der Waals surface area contributed by atoms with E-state index in [-0.39, 0.29) is 13.2 Å². The van der Waals surface area contributed by atoms with Crippen molar-refractivity contribution < 1.29 is 19.1 Å². The van der Waals surface area contributed by atoms with Crippen molar-refractivity contribution in [2.45, 2.75) is 33.4 Å². The van der Waals surface area contributed by atoms with Gasteiger partial charge in [0, 0.05) is 40.0 Å². The fraction of sp³-hybridized carbons (Fsp3) is 0.189. The van der Waals surface area contributed by atoms with Gasteiger partial charge in [-0.3, -0.25) is 4.79 Å². The third kappa shape index (κ3) is 6.59. The van der Waals surface area contributed by atoms with Crippen molar-refractivity contribution in [2.75, 3.05) is 13.2 Å². The van der Waals surface area contributed by atoms with Gasteiger partial charge in [0.15, 0.2) is 11.7 Å². The Morgan fingerprint density at radius 3 is 2.51 bits per heavy atom. The molecule has 1 aliphatic rings. The zero-order chi connectivity index (χ0) is 32.9. The number of allylic oxidation sites excluding steroid dienone is 1. The van der Waals surface area contributed by atoms with Crippen LogP contribution in [0.2, 0.25) is 0 Å². The van der Waals surface area contributed by atoms with E-state index in [1.54, 1.807) is 32.2 Å². The lowest BCUT2D eigenvalue weighted by Gasteiger charge is -2.30. The minimum absolute atomic E-state index is 0.232. The van der Waals surface area contributed by atoms with Crippen LogP contribution in [-0.2, 0) is 20.9 Å². The predicted molar refractivity (Wildman–Crippen MR) is 188 cm³/mol. The van der Waals surface area contributed by atoms with E-state index in [0.29, 0.717) is 34.2 Å². The Bertz CT molecular complexity index is 2060. The fourth-order valence-corrected chi connectivity index (χ4v) is 6.30. The van der Waals surface area contributed by atoms with Crippen molar-refractivity contribution in [3.63, 3.8) is 0 Å². The van der Waals surface area contributed by atoms with Crippen molar-refractivity contribution in [1.82, 2.24) is 20.6 Å². The molecule has 1 aliphatic heterocycles. The summed E-state index contributed by atoms with van der Waals surface area (Å²) in [5.41, 5.74) is 8.50. The minimum atomic E-state index is -0.616. The summed E-state index contributed by atoms with van der Waals surface area (Å²) >= 11 is 5.36. The molecule has 1 aromatic heterocycles. The maximum atomic E-state index is 12.9. The first-order valence-corrected chi connectivity index (χ1v) is 15.8. The second-order valence-electron chi connectivity index (χ2n) is 11.2. The van der Waals surface area contributed by atoms with Gasteiger partial charge in [0.05, 0.1) is 24.4 Å². The first-order chi connectivity index (χ1) is 22.9. The lowest BCUT2D eigenvalue weighted by molar-refractivity contribution is -0.139. The summed E-state index contributed by atoms with van der Waals surface area (Å²) in [5.74, 6) is -0.469. The van der Waals surface area contributed by atoms with E-state index < -0.39 is 17.9 Å². The fourth-order valence-electron chi connectivity index (χ4n) is 6.03. The highest BCUT2D eigenvalue weighted by molar-refractivity contribution is 7.80. The Kier molecular flexibility index (Phi) is 9.30. The number of thiocarbonyl (C=S) groups is 1. The Morgan fingerprint density at radius 2 is 1.68 bits per heavy atom. The molecule has 6 rings (SSSR count). The molecule has 0 saturated heterocycles. The van der Waals surface area contributed by atoms with Crippen molar-refractivity contribution in [2.24, 2.45) is 5.10 Å². The zero-order valence-electron chi connectivity index (χ0n) is 26.4. The number of nitrogens with zero attached hydrogens (tertiary/aromatic N) is 2. The van der Waals surface area contributed by atoms with Crippen LogP contribution < -0.4 is 20.8 Å². The highest BCUT2D eigenvalue weighted by Crippen LogP contribution is 2.34. The van der Waals surface area contributed by atoms with E-state index in [4.69, 9.17) is 21.7 Å². The quantitative estimate of drug-likeness (QED) is 0.0737. The number of fused-ring (bicyclic) bond motifs is 2. The van der Waals surface area contributed by atoms with Crippen LogP contribution in [0.5, 0.6) is 5.75 Å². The van der Waals surface area contributed by atoms with Gasteiger partial charge in [0.25, 0.3) is 5.91 Å². The summed E-state index contributed by atoms with van der Waals surface area (Å²) in [6.45, 7) is 6.23. The van der Waals surface area contributed by atoms with Gasteiger partial charge in [-0.2, -0.15) is 5.10 Å². The largest absolute Gasteiger partial charge is 0.483 e. The molecule has 0 unspecified atom stereocenters. The molecular formula is C37H35N5O4S. The molecule has 47 heavy (non-hydrogen) atoms. The highest BCUT2D eigenvalue weighted by atomic mass is 32.1. The number of aromatic nitrogens is 1. The lowest BCUT2D eigenvalue weighted by Crippen LogP contribution is -2.45. The Balaban J connectivity index is 1.18. The smallest absolute Gasteiger partial charge is 0.338 e. The first kappa shape index (κ1) is 31.5. The third-order valence-electron chi connectivity index (χ3n) is 8.22. The molecule has 4 aromatic carbocycles. The predicted octanol–water partition coefficient (Wildman–Crippen LogP) is 6.04. The summed E-state index contributed by atoms with van der Waals surface area (Å²) in [7, 11) is 0. The zero-order valence-corrected chi connectivity index (χ0v) is 27.2. The van der Waals surface area contributed by atoms with Crippen molar-refractivity contribution in [3.05, 3.63) is 125 Å². The second-order valence-corrected chi connectivity index (χ2v) is 11.6. The van der Waals surface area contributed by atoms with E-state index in [1.807, 2.05) is 24.3 Å². The van der Waals surface area contributed by atoms with Crippen LogP contribution in [0.3, 0.4) is 0 Å². The van der Waals surface area contributed by atoms with E-state index in [0.717, 1.165) is 22.2 Å². The molecule has 0 bridgehead atoms. The summed E-state index contributed by atoms with van der Waals surface area (Å²) in [6, 6.07) is 29.5. The number of hydrogen-bond acceptors (Lipinski definition) is 6. The molecule has 1 amide bonds. The molecule has 5 aromatic rings. The number of hydrogen-bond donors (Lipinski definition) is 3. The maximum absolute atomic E-state index is 12.9. The lowest BCUT2D eigenvalue weighted by atomic mass is 9.95. The molecule has 0 fully saturated rings. The summed E-state index contributed by atoms with van der Waals surface area (Å²) in [4.78, 5) is 25.7. The summed E-state index contributed by atoms with van der Waals surface area (Å²) in [6.07, 6.45) is 1.68. The van der Waals surface area contributed by atoms with E-state index in [2.05, 4.69) is 87.2 Å². The molecule has 9 nitrogen and oxygen atoms in total. The van der Waals surface area contributed by atoms with Gasteiger partial charge >= 0.3 is 5.97 Å². The number of carbonyl (C=O) groups excluding carboxylic acids is 2. The monoisotopic (exact) mass is 645 g/mol. The normalized spacial score (nSPS) is 14.7. The van der Waals surface area contributed by atoms with Gasteiger partial charge in [-0.15, -0.1) is 0 Å². The number of para-hydroxylation sites is 2. The third-order valence-corrected chi connectivity index (χ3v) is 8.44. The molecule has 238 valence electrons. The average molecular weight is 646 g/mol. The van der Waals surface area contributed by atoms with Crippen molar-refractivity contribution in [1.29, 1.82) is 0 Å². The number of nitrogens with one attached hydrogen (secondary N) is 3. The van der Waals surface area contributed by atoms with Crippen LogP contribution in [0, 0.1) is 6.92 Å². The standard InChI is InChI=1S/C37H35N5O4S/c1-4-45-36(44)34-23(2)39-37(47)40-35(34)29-17-8-10-19-32(29)46-22-33(43)41-38-20-30-24(3)42(31-18-9-7-16-28(30)31)21-26-14-11-13-25-12-5-6-15-27(25)26/h5-20,35H,4,21-22H2,1-3H3,(H,41,43)(H2,39,40,47)/t35-/m0/s1. The van der Waals surface area contributed by atoms with E-state index >= 15 is 0 Å². The first-order valence-electron chi connectivity index (χ1n) is 15.4. The van der Waals surface area contributed by atoms with Gasteiger partial charge < -0.3 is 24.7 Å². The number of ether oxygens (including phenoxy) is 2. The van der Waals surface area contributed by atoms with Gasteiger partial charge in [-0.1, -0.05) is 78.9 Å². The van der Waals surface area contributed by atoms with Crippen LogP contribution in [0.15, 0.2) is 107 Å². The van der Waals surface area contributed by atoms with Gasteiger partial charge in [-0.05, 0) is 61.5 Å². The topological polar surface area (TPSA) is 106 Å². The average Bonchev–Trinajstić information content (AvgIpc) is 3.33. The summed E-state index contributed by atoms with van der Waals surface area (Å²) < 4.78 is 13.5.